The number of aliphatic hydroxyl groups excluding tert-OH is 1. The zero-order valence-corrected chi connectivity index (χ0v) is 9.68. The third-order valence-electron chi connectivity index (χ3n) is 1.85. The van der Waals surface area contributed by atoms with Crippen molar-refractivity contribution in [3.8, 4) is 0 Å². The second-order valence-electron chi connectivity index (χ2n) is 3.61. The standard InChI is InChI=1S/C9H18F3N3O2/c1-15(7-9(10,11)12)5-2-3-13-8(17)14-4-6-16/h16H,2-7H2,1H3,(H2,13,14,17). The van der Waals surface area contributed by atoms with Gasteiger partial charge in [-0.2, -0.15) is 13.2 Å². The van der Waals surface area contributed by atoms with E-state index in [1.54, 1.807) is 0 Å². The number of carbonyl (C=O) groups excluding carboxylic acids is 1. The lowest BCUT2D eigenvalue weighted by molar-refractivity contribution is -0.143. The topological polar surface area (TPSA) is 64.6 Å². The summed E-state index contributed by atoms with van der Waals surface area (Å²) in [6, 6.07) is -0.433. The molecule has 0 spiro atoms. The molecule has 0 unspecified atom stereocenters. The van der Waals surface area contributed by atoms with Crippen LogP contribution in [0.25, 0.3) is 0 Å². The maximum absolute atomic E-state index is 11.9. The van der Waals surface area contributed by atoms with Crippen molar-refractivity contribution in [3.05, 3.63) is 0 Å². The van der Waals surface area contributed by atoms with Crippen molar-refractivity contribution < 1.29 is 23.1 Å². The molecule has 0 aliphatic carbocycles. The van der Waals surface area contributed by atoms with E-state index in [4.69, 9.17) is 5.11 Å². The average Bonchev–Trinajstić information content (AvgIpc) is 2.19. The molecule has 0 rings (SSSR count). The number of urea groups is 1. The van der Waals surface area contributed by atoms with Crippen LogP contribution < -0.4 is 10.6 Å². The molecule has 3 N–H and O–H groups in total. The van der Waals surface area contributed by atoms with Gasteiger partial charge in [0.2, 0.25) is 0 Å². The molecule has 0 fully saturated rings. The van der Waals surface area contributed by atoms with Crippen molar-refractivity contribution in [2.24, 2.45) is 0 Å². The zero-order valence-electron chi connectivity index (χ0n) is 9.68. The molecular weight excluding hydrogens is 239 g/mol. The molecule has 0 saturated heterocycles. The van der Waals surface area contributed by atoms with Gasteiger partial charge in [-0.15, -0.1) is 0 Å². The highest BCUT2D eigenvalue weighted by Gasteiger charge is 2.28. The van der Waals surface area contributed by atoms with Crippen LogP contribution >= 0.6 is 0 Å². The largest absolute Gasteiger partial charge is 0.401 e. The van der Waals surface area contributed by atoms with Gasteiger partial charge >= 0.3 is 12.2 Å². The lowest BCUT2D eigenvalue weighted by atomic mass is 10.4. The Bertz CT molecular complexity index is 224. The van der Waals surface area contributed by atoms with Crippen LogP contribution in [0.1, 0.15) is 6.42 Å². The molecule has 5 nitrogen and oxygen atoms in total. The van der Waals surface area contributed by atoms with Crippen LogP contribution in [-0.2, 0) is 0 Å². The minimum atomic E-state index is -4.19. The molecule has 0 heterocycles. The quantitative estimate of drug-likeness (QED) is 0.569. The van der Waals surface area contributed by atoms with Crippen LogP contribution in [0.3, 0.4) is 0 Å². The summed E-state index contributed by atoms with van der Waals surface area (Å²) >= 11 is 0. The molecule has 0 aliphatic heterocycles. The number of nitrogens with zero attached hydrogens (tertiary/aromatic N) is 1. The van der Waals surface area contributed by atoms with E-state index >= 15 is 0 Å². The third kappa shape index (κ3) is 11.2. The van der Waals surface area contributed by atoms with Gasteiger partial charge in [0.25, 0.3) is 0 Å². The first-order valence-corrected chi connectivity index (χ1v) is 5.23. The van der Waals surface area contributed by atoms with Crippen LogP contribution in [0.4, 0.5) is 18.0 Å². The Morgan fingerprint density at radius 2 is 1.88 bits per heavy atom. The molecule has 102 valence electrons. The van der Waals surface area contributed by atoms with Crippen LogP contribution in [0.5, 0.6) is 0 Å². The second-order valence-corrected chi connectivity index (χ2v) is 3.61. The molecule has 0 aromatic heterocycles. The van der Waals surface area contributed by atoms with E-state index in [1.165, 1.54) is 7.05 Å². The number of aliphatic hydroxyl groups is 1. The molecule has 0 saturated carbocycles. The number of alkyl halides is 3. The fourth-order valence-corrected chi connectivity index (χ4v) is 1.17. The number of hydrogen-bond donors (Lipinski definition) is 3. The summed E-state index contributed by atoms with van der Waals surface area (Å²) in [5.74, 6) is 0. The fraction of sp³-hybridized carbons (Fsp3) is 0.889. The molecule has 0 aliphatic rings. The monoisotopic (exact) mass is 257 g/mol. The Labute approximate surface area is 98.0 Å². The predicted octanol–water partition coefficient (Wildman–Crippen LogP) is 0.162. The summed E-state index contributed by atoms with van der Waals surface area (Å²) in [6.07, 6.45) is -3.76. The van der Waals surface area contributed by atoms with Crippen molar-refractivity contribution in [1.29, 1.82) is 0 Å². The third-order valence-corrected chi connectivity index (χ3v) is 1.85. The molecular formula is C9H18F3N3O2. The first kappa shape index (κ1) is 16.0. The number of halogens is 3. The van der Waals surface area contributed by atoms with Gasteiger partial charge in [-0.3, -0.25) is 4.90 Å². The Morgan fingerprint density at radius 3 is 2.41 bits per heavy atom. The van der Waals surface area contributed by atoms with Crippen molar-refractivity contribution in [2.45, 2.75) is 12.6 Å². The maximum atomic E-state index is 11.9. The van der Waals surface area contributed by atoms with E-state index in [9.17, 15) is 18.0 Å². The number of hydrogen-bond acceptors (Lipinski definition) is 3. The number of rotatable bonds is 7. The van der Waals surface area contributed by atoms with Crippen LogP contribution in [0, 0.1) is 0 Å². The van der Waals surface area contributed by atoms with Crippen molar-refractivity contribution >= 4 is 6.03 Å². The molecule has 17 heavy (non-hydrogen) atoms. The maximum Gasteiger partial charge on any atom is 0.401 e. The van der Waals surface area contributed by atoms with Crippen molar-refractivity contribution in [2.75, 3.05) is 39.8 Å². The molecule has 0 bridgehead atoms. The molecule has 0 radical (unpaired) electrons. The van der Waals surface area contributed by atoms with Gasteiger partial charge in [0.1, 0.15) is 0 Å². The minimum absolute atomic E-state index is 0.151. The lowest BCUT2D eigenvalue weighted by Gasteiger charge is -2.18. The van der Waals surface area contributed by atoms with Gasteiger partial charge in [0.05, 0.1) is 13.2 Å². The average molecular weight is 257 g/mol. The van der Waals surface area contributed by atoms with E-state index in [0.29, 0.717) is 13.0 Å². The Kier molecular flexibility index (Phi) is 7.64. The SMILES string of the molecule is CN(CCCNC(=O)NCCO)CC(F)(F)F. The van der Waals surface area contributed by atoms with Crippen molar-refractivity contribution in [1.82, 2.24) is 15.5 Å². The Hall–Kier alpha value is -1.02. The summed E-state index contributed by atoms with van der Waals surface area (Å²) in [5, 5.41) is 13.2. The summed E-state index contributed by atoms with van der Waals surface area (Å²) in [7, 11) is 1.37. The fourth-order valence-electron chi connectivity index (χ4n) is 1.17. The van der Waals surface area contributed by atoms with Crippen molar-refractivity contribution in [3.63, 3.8) is 0 Å². The van der Waals surface area contributed by atoms with E-state index in [1.807, 2.05) is 0 Å². The molecule has 2 amide bonds. The van der Waals surface area contributed by atoms with Crippen LogP contribution in [0.2, 0.25) is 0 Å². The lowest BCUT2D eigenvalue weighted by Crippen LogP contribution is -2.39. The number of nitrogens with one attached hydrogen (secondary N) is 2. The van der Waals surface area contributed by atoms with Gasteiger partial charge in [0, 0.05) is 13.1 Å². The highest BCUT2D eigenvalue weighted by Crippen LogP contribution is 2.15. The number of carbonyl (C=O) groups is 1. The number of amides is 2. The summed E-state index contributed by atoms with van der Waals surface area (Å²) in [5.41, 5.74) is 0. The second kappa shape index (κ2) is 8.13. The first-order chi connectivity index (χ1) is 7.85. The molecule has 8 heteroatoms. The highest BCUT2D eigenvalue weighted by atomic mass is 19.4. The minimum Gasteiger partial charge on any atom is -0.395 e. The first-order valence-electron chi connectivity index (χ1n) is 5.23. The van der Waals surface area contributed by atoms with E-state index in [0.717, 1.165) is 4.90 Å². The summed E-state index contributed by atoms with van der Waals surface area (Å²) in [4.78, 5) is 12.1. The predicted molar refractivity (Wildman–Crippen MR) is 56.7 cm³/mol. The highest BCUT2D eigenvalue weighted by molar-refractivity contribution is 5.73. The Morgan fingerprint density at radius 1 is 1.29 bits per heavy atom. The van der Waals surface area contributed by atoms with Gasteiger partial charge in [-0.1, -0.05) is 0 Å². The van der Waals surface area contributed by atoms with Gasteiger partial charge in [0.15, 0.2) is 0 Å². The van der Waals surface area contributed by atoms with Gasteiger partial charge in [-0.25, -0.2) is 4.79 Å². The summed E-state index contributed by atoms with van der Waals surface area (Å²) in [6.45, 7) is -0.412. The van der Waals surface area contributed by atoms with Crippen LogP contribution in [-0.4, -0.2) is 62.0 Å². The summed E-state index contributed by atoms with van der Waals surface area (Å²) < 4.78 is 35.8. The zero-order chi connectivity index (χ0) is 13.3. The van der Waals surface area contributed by atoms with E-state index in [-0.39, 0.29) is 19.7 Å². The Balaban J connectivity index is 3.48. The van der Waals surface area contributed by atoms with E-state index in [2.05, 4.69) is 10.6 Å². The van der Waals surface area contributed by atoms with Gasteiger partial charge < -0.3 is 15.7 Å². The molecule has 0 atom stereocenters. The van der Waals surface area contributed by atoms with Gasteiger partial charge in [-0.05, 0) is 20.0 Å². The normalized spacial score (nSPS) is 11.6. The smallest absolute Gasteiger partial charge is 0.395 e. The molecule has 0 aromatic rings. The van der Waals surface area contributed by atoms with Crippen LogP contribution in [0.15, 0.2) is 0 Å². The van der Waals surface area contributed by atoms with E-state index < -0.39 is 18.8 Å². The molecule has 0 aromatic carbocycles.